The number of para-hydroxylation sites is 1. The summed E-state index contributed by atoms with van der Waals surface area (Å²) in [6, 6.07) is 10.1. The summed E-state index contributed by atoms with van der Waals surface area (Å²) in [5.41, 5.74) is 4.15. The molecule has 2 aliphatic heterocycles. The molecule has 1 atom stereocenters. The first kappa shape index (κ1) is 24.1. The molecule has 7 heteroatoms. The van der Waals surface area contributed by atoms with Gasteiger partial charge in [-0.3, -0.25) is 14.9 Å². The monoisotopic (exact) mass is 479 g/mol. The molecule has 178 valence electrons. The Morgan fingerprint density at radius 3 is 2.59 bits per heavy atom. The largest absolute Gasteiger partial charge is 0.366 e. The maximum Gasteiger partial charge on any atom is 0.270 e. The lowest BCUT2D eigenvalue weighted by molar-refractivity contribution is -0.122. The van der Waals surface area contributed by atoms with Crippen molar-refractivity contribution in [2.75, 3.05) is 16.3 Å². The quantitative estimate of drug-likeness (QED) is 0.359. The van der Waals surface area contributed by atoms with E-state index in [-0.39, 0.29) is 21.9 Å². The molecule has 0 aromatic heterocycles. The zero-order valence-corrected chi connectivity index (χ0v) is 21.1. The van der Waals surface area contributed by atoms with Gasteiger partial charge in [0.05, 0.1) is 5.69 Å². The highest BCUT2D eigenvalue weighted by molar-refractivity contribution is 7.80. The number of fused-ring (bicyclic) bond motifs is 1. The van der Waals surface area contributed by atoms with Crippen LogP contribution in [0.25, 0.3) is 6.08 Å². The second-order valence-corrected chi connectivity index (χ2v) is 10.1. The van der Waals surface area contributed by atoms with E-state index in [0.29, 0.717) is 5.92 Å². The summed E-state index contributed by atoms with van der Waals surface area (Å²) in [7, 11) is 0. The maximum atomic E-state index is 14.4. The summed E-state index contributed by atoms with van der Waals surface area (Å²) in [4.78, 5) is 29.6. The summed E-state index contributed by atoms with van der Waals surface area (Å²) in [5, 5.41) is 2.40. The molecule has 0 radical (unpaired) electrons. The molecular formula is C27H30FN3O2S. The molecule has 0 aliphatic carbocycles. The maximum absolute atomic E-state index is 14.4. The first-order valence-electron chi connectivity index (χ1n) is 11.6. The van der Waals surface area contributed by atoms with Gasteiger partial charge in [-0.2, -0.15) is 0 Å². The Labute approximate surface area is 205 Å². The molecule has 5 nitrogen and oxygen atoms in total. The molecular weight excluding hydrogens is 449 g/mol. The van der Waals surface area contributed by atoms with Crippen LogP contribution in [0.2, 0.25) is 0 Å². The van der Waals surface area contributed by atoms with Gasteiger partial charge in [-0.1, -0.05) is 26.0 Å². The van der Waals surface area contributed by atoms with Gasteiger partial charge < -0.3 is 4.90 Å². The zero-order chi connectivity index (χ0) is 24.8. The average molecular weight is 480 g/mol. The molecule has 2 aromatic rings. The molecule has 2 heterocycles. The van der Waals surface area contributed by atoms with E-state index in [4.69, 9.17) is 12.2 Å². The molecule has 1 fully saturated rings. The normalized spacial score (nSPS) is 21.1. The number of anilines is 2. The molecule has 2 aromatic carbocycles. The predicted molar refractivity (Wildman–Crippen MR) is 139 cm³/mol. The van der Waals surface area contributed by atoms with Crippen molar-refractivity contribution < 1.29 is 14.0 Å². The first-order chi connectivity index (χ1) is 16.0. The van der Waals surface area contributed by atoms with Crippen molar-refractivity contribution in [2.24, 2.45) is 0 Å². The molecule has 0 saturated carbocycles. The second kappa shape index (κ2) is 8.95. The van der Waals surface area contributed by atoms with Crippen LogP contribution in [0.5, 0.6) is 0 Å². The van der Waals surface area contributed by atoms with Crippen LogP contribution in [0, 0.1) is 12.7 Å². The van der Waals surface area contributed by atoms with Crippen molar-refractivity contribution in [3.05, 3.63) is 64.5 Å². The Hall–Kier alpha value is -3.06. The lowest BCUT2D eigenvalue weighted by Crippen LogP contribution is -2.54. The van der Waals surface area contributed by atoms with Crippen LogP contribution in [-0.4, -0.2) is 29.0 Å². The highest BCUT2D eigenvalue weighted by atomic mass is 32.1. The first-order valence-corrected chi connectivity index (χ1v) is 12.0. The number of nitrogens with one attached hydrogen (secondary N) is 1. The van der Waals surface area contributed by atoms with Crippen LogP contribution in [0.1, 0.15) is 63.1 Å². The van der Waals surface area contributed by atoms with E-state index >= 15 is 0 Å². The number of amides is 2. The van der Waals surface area contributed by atoms with E-state index < -0.39 is 17.6 Å². The standard InChI is InChI=1S/C27H30FN3O2S/c1-6-11-30-23-12-16(2)18(13-19(23)17(3)15-27(30,4)5)14-20-24(32)29-26(34)31(25(20)33)22-10-8-7-9-21(22)28/h7-10,12-14,17H,6,11,15H2,1-5H3,(H,29,32,34)/b20-14-. The zero-order valence-electron chi connectivity index (χ0n) is 20.2. The van der Waals surface area contributed by atoms with Gasteiger partial charge >= 0.3 is 0 Å². The van der Waals surface area contributed by atoms with E-state index in [2.05, 4.69) is 50.0 Å². The fraction of sp³-hybridized carbons (Fsp3) is 0.370. The molecule has 2 aliphatic rings. The lowest BCUT2D eigenvalue weighted by Gasteiger charge is -2.48. The van der Waals surface area contributed by atoms with E-state index in [0.717, 1.165) is 35.4 Å². The Morgan fingerprint density at radius 1 is 1.21 bits per heavy atom. The van der Waals surface area contributed by atoms with Gasteiger partial charge in [0, 0.05) is 17.8 Å². The number of rotatable bonds is 4. The van der Waals surface area contributed by atoms with Gasteiger partial charge in [0.25, 0.3) is 11.8 Å². The van der Waals surface area contributed by atoms with Crippen molar-refractivity contribution in [3.8, 4) is 0 Å². The van der Waals surface area contributed by atoms with Gasteiger partial charge in [0.15, 0.2) is 5.11 Å². The van der Waals surface area contributed by atoms with Crippen LogP contribution in [0.15, 0.2) is 42.0 Å². The van der Waals surface area contributed by atoms with Crippen molar-refractivity contribution in [3.63, 3.8) is 0 Å². The predicted octanol–water partition coefficient (Wildman–Crippen LogP) is 5.47. The van der Waals surface area contributed by atoms with E-state index in [9.17, 15) is 14.0 Å². The summed E-state index contributed by atoms with van der Waals surface area (Å²) in [6.45, 7) is 11.9. The Morgan fingerprint density at radius 2 is 1.91 bits per heavy atom. The second-order valence-electron chi connectivity index (χ2n) is 9.75. The van der Waals surface area contributed by atoms with Gasteiger partial charge in [0.2, 0.25) is 0 Å². The number of carbonyl (C=O) groups excluding carboxylic acids is 2. The summed E-state index contributed by atoms with van der Waals surface area (Å²) in [5.74, 6) is -1.49. The lowest BCUT2D eigenvalue weighted by atomic mass is 9.78. The van der Waals surface area contributed by atoms with Gasteiger partial charge in [-0.05, 0) is 98.8 Å². The Kier molecular flexibility index (Phi) is 6.34. The fourth-order valence-electron chi connectivity index (χ4n) is 5.12. The topological polar surface area (TPSA) is 52.7 Å². The smallest absolute Gasteiger partial charge is 0.270 e. The van der Waals surface area contributed by atoms with E-state index in [1.54, 1.807) is 12.1 Å². The van der Waals surface area contributed by atoms with Crippen LogP contribution in [0.3, 0.4) is 0 Å². The highest BCUT2D eigenvalue weighted by Crippen LogP contribution is 2.44. The van der Waals surface area contributed by atoms with E-state index in [1.165, 1.54) is 29.4 Å². The third kappa shape index (κ3) is 4.13. The third-order valence-corrected chi connectivity index (χ3v) is 7.00. The summed E-state index contributed by atoms with van der Waals surface area (Å²) >= 11 is 5.19. The molecule has 34 heavy (non-hydrogen) atoms. The van der Waals surface area contributed by atoms with Gasteiger partial charge in [-0.25, -0.2) is 9.29 Å². The molecule has 2 amide bonds. The van der Waals surface area contributed by atoms with Crippen molar-refractivity contribution in [2.45, 2.75) is 58.9 Å². The molecule has 1 saturated heterocycles. The minimum absolute atomic E-state index is 0.0108. The number of nitrogens with zero attached hydrogens (tertiary/aromatic N) is 2. The molecule has 1 unspecified atom stereocenters. The van der Waals surface area contributed by atoms with Crippen LogP contribution in [0.4, 0.5) is 15.8 Å². The number of halogens is 1. The minimum Gasteiger partial charge on any atom is -0.366 e. The minimum atomic E-state index is -0.641. The number of benzene rings is 2. The SMILES string of the molecule is CCCN1c2cc(C)c(/C=C3/C(=O)NC(=S)N(c4ccccc4F)C3=O)cc2C(C)CC1(C)C. The molecule has 0 bridgehead atoms. The Balaban J connectivity index is 1.79. The van der Waals surface area contributed by atoms with Crippen LogP contribution in [-0.2, 0) is 9.59 Å². The van der Waals surface area contributed by atoms with Gasteiger partial charge in [-0.15, -0.1) is 0 Å². The Bertz CT molecular complexity index is 1220. The molecule has 0 spiro atoms. The number of thiocarbonyl (C=S) groups is 1. The number of carbonyl (C=O) groups is 2. The number of aryl methyl sites for hydroxylation is 1. The van der Waals surface area contributed by atoms with Crippen molar-refractivity contribution in [1.29, 1.82) is 0 Å². The average Bonchev–Trinajstić information content (AvgIpc) is 2.75. The fourth-order valence-corrected chi connectivity index (χ4v) is 5.39. The van der Waals surface area contributed by atoms with E-state index in [1.807, 2.05) is 6.92 Å². The van der Waals surface area contributed by atoms with Crippen molar-refractivity contribution >= 4 is 46.6 Å². The third-order valence-electron chi connectivity index (χ3n) is 6.72. The highest BCUT2D eigenvalue weighted by Gasteiger charge is 2.38. The van der Waals surface area contributed by atoms with Crippen LogP contribution >= 0.6 is 12.2 Å². The molecule has 4 rings (SSSR count). The summed E-state index contributed by atoms with van der Waals surface area (Å²) in [6.07, 6.45) is 3.65. The number of hydrogen-bond acceptors (Lipinski definition) is 4. The number of hydrogen-bond donors (Lipinski definition) is 1. The summed E-state index contributed by atoms with van der Waals surface area (Å²) < 4.78 is 14.4. The van der Waals surface area contributed by atoms with Crippen LogP contribution < -0.4 is 15.1 Å². The van der Waals surface area contributed by atoms with Gasteiger partial charge in [0.1, 0.15) is 11.4 Å². The van der Waals surface area contributed by atoms with Crippen molar-refractivity contribution in [1.82, 2.24) is 5.32 Å². The molecule has 1 N–H and O–H groups in total.